The summed E-state index contributed by atoms with van der Waals surface area (Å²) < 4.78 is 37.9. The van der Waals surface area contributed by atoms with Gasteiger partial charge in [-0.2, -0.15) is 0 Å². The van der Waals surface area contributed by atoms with Crippen LogP contribution in [0.3, 0.4) is 0 Å². The van der Waals surface area contributed by atoms with E-state index in [1.807, 2.05) is 0 Å². The van der Waals surface area contributed by atoms with E-state index in [1.54, 1.807) is 24.3 Å². The lowest BCUT2D eigenvalue weighted by Crippen LogP contribution is -2.37. The Hall–Kier alpha value is -0.940. The first-order valence-corrected chi connectivity index (χ1v) is 7.47. The van der Waals surface area contributed by atoms with Gasteiger partial charge in [0.2, 0.25) is 0 Å². The molecule has 1 saturated heterocycles. The van der Waals surface area contributed by atoms with Crippen molar-refractivity contribution in [2.45, 2.75) is 25.1 Å². The van der Waals surface area contributed by atoms with Gasteiger partial charge in [-0.3, -0.25) is 0 Å². The zero-order valence-corrected chi connectivity index (χ0v) is 10.3. The second-order valence-electron chi connectivity index (χ2n) is 4.52. The van der Waals surface area contributed by atoms with Crippen LogP contribution in [0.1, 0.15) is 24.0 Å². The number of hydrogen-bond acceptors (Lipinski definition) is 3. The minimum atomic E-state index is -3.28. The lowest BCUT2D eigenvalue weighted by atomic mass is 9.89. The fraction of sp³-hybridized carbons (Fsp3) is 0.500. The summed E-state index contributed by atoms with van der Waals surface area (Å²) in [5.41, 5.74) is 4.92. The van der Waals surface area contributed by atoms with Crippen LogP contribution in [0, 0.1) is 0 Å². The smallest absolute Gasteiger partial charge is 0.153 e. The van der Waals surface area contributed by atoms with Crippen molar-refractivity contribution in [1.82, 2.24) is 0 Å². The fourth-order valence-corrected chi connectivity index (χ4v) is 4.14. The number of alkyl halides is 1. The molecule has 1 aromatic rings. The van der Waals surface area contributed by atoms with Gasteiger partial charge in [0.25, 0.3) is 0 Å². The third kappa shape index (κ3) is 2.50. The van der Waals surface area contributed by atoms with Crippen LogP contribution in [0.15, 0.2) is 24.3 Å². The molecule has 5 heteroatoms. The molecule has 1 heterocycles. The largest absolute Gasteiger partial charge is 0.326 e. The highest BCUT2D eigenvalue weighted by atomic mass is 32.2. The maximum absolute atomic E-state index is 14.8. The summed E-state index contributed by atoms with van der Waals surface area (Å²) in [5.74, 6) is -0.333. The minimum Gasteiger partial charge on any atom is -0.326 e. The molecule has 1 fully saturated rings. The number of rotatable bonds is 2. The molecule has 0 aliphatic carbocycles. The molecular weight excluding hydrogens is 241 g/mol. The maximum Gasteiger partial charge on any atom is 0.153 e. The highest BCUT2D eigenvalue weighted by Crippen LogP contribution is 2.38. The predicted molar refractivity (Wildman–Crippen MR) is 65.0 cm³/mol. The highest BCUT2D eigenvalue weighted by Gasteiger charge is 2.41. The SMILES string of the molecule is NCc1ccccc1C1(F)CCCS(=O)(=O)C1. The average molecular weight is 257 g/mol. The summed E-state index contributed by atoms with van der Waals surface area (Å²) in [4.78, 5) is 0. The van der Waals surface area contributed by atoms with Crippen molar-refractivity contribution in [3.05, 3.63) is 35.4 Å². The van der Waals surface area contributed by atoms with Crippen LogP contribution in [0.25, 0.3) is 0 Å². The second kappa shape index (κ2) is 4.38. The molecule has 1 aliphatic heterocycles. The van der Waals surface area contributed by atoms with Crippen molar-refractivity contribution < 1.29 is 12.8 Å². The fourth-order valence-electron chi connectivity index (χ4n) is 2.41. The number of benzene rings is 1. The van der Waals surface area contributed by atoms with Crippen molar-refractivity contribution in [3.63, 3.8) is 0 Å². The molecule has 1 atom stereocenters. The van der Waals surface area contributed by atoms with Gasteiger partial charge in [-0.15, -0.1) is 0 Å². The Balaban J connectivity index is 2.44. The Bertz CT molecular complexity index is 515. The summed E-state index contributed by atoms with van der Waals surface area (Å²) in [6.45, 7) is 0.224. The van der Waals surface area contributed by atoms with E-state index in [0.29, 0.717) is 17.5 Å². The van der Waals surface area contributed by atoms with Crippen molar-refractivity contribution >= 4 is 9.84 Å². The quantitative estimate of drug-likeness (QED) is 0.873. The second-order valence-corrected chi connectivity index (χ2v) is 6.71. The molecule has 0 spiro atoms. The molecule has 0 aromatic heterocycles. The zero-order chi connectivity index (χ0) is 12.5. The first-order valence-electron chi connectivity index (χ1n) is 5.65. The van der Waals surface area contributed by atoms with E-state index < -0.39 is 21.3 Å². The molecule has 94 valence electrons. The minimum absolute atomic E-state index is 0.0868. The van der Waals surface area contributed by atoms with Crippen LogP contribution in [0.4, 0.5) is 4.39 Å². The summed E-state index contributed by atoms with van der Waals surface area (Å²) >= 11 is 0. The number of nitrogens with two attached hydrogens (primary N) is 1. The van der Waals surface area contributed by atoms with Gasteiger partial charge in [0.15, 0.2) is 9.84 Å². The zero-order valence-electron chi connectivity index (χ0n) is 9.52. The Morgan fingerprint density at radius 3 is 2.71 bits per heavy atom. The predicted octanol–water partition coefficient (Wildman–Crippen LogP) is 1.52. The van der Waals surface area contributed by atoms with E-state index in [-0.39, 0.29) is 18.7 Å². The van der Waals surface area contributed by atoms with E-state index in [9.17, 15) is 12.8 Å². The average Bonchev–Trinajstić information content (AvgIpc) is 2.27. The van der Waals surface area contributed by atoms with Crippen molar-refractivity contribution in [2.24, 2.45) is 5.73 Å². The molecule has 0 bridgehead atoms. The standard InChI is InChI=1S/C12H16FNO2S/c13-12(6-3-7-17(15,16)9-12)11-5-2-1-4-10(11)8-14/h1-2,4-5H,3,6-9,14H2. The third-order valence-corrected chi connectivity index (χ3v) is 5.01. The molecule has 3 nitrogen and oxygen atoms in total. The Morgan fingerprint density at radius 1 is 1.35 bits per heavy atom. The Labute approximate surface area is 101 Å². The molecule has 0 radical (unpaired) electrons. The molecule has 2 N–H and O–H groups in total. The van der Waals surface area contributed by atoms with E-state index in [4.69, 9.17) is 5.73 Å². The van der Waals surface area contributed by atoms with Gasteiger partial charge in [-0.25, -0.2) is 12.8 Å². The highest BCUT2D eigenvalue weighted by molar-refractivity contribution is 7.91. The summed E-state index contributed by atoms with van der Waals surface area (Å²) in [6, 6.07) is 6.89. The van der Waals surface area contributed by atoms with Crippen LogP contribution in [0.2, 0.25) is 0 Å². The molecule has 17 heavy (non-hydrogen) atoms. The first kappa shape index (κ1) is 12.5. The number of hydrogen-bond donors (Lipinski definition) is 1. The number of sulfone groups is 1. The molecule has 2 rings (SSSR count). The van der Waals surface area contributed by atoms with E-state index >= 15 is 0 Å². The topological polar surface area (TPSA) is 60.2 Å². The van der Waals surface area contributed by atoms with Crippen molar-refractivity contribution in [2.75, 3.05) is 11.5 Å². The summed E-state index contributed by atoms with van der Waals surface area (Å²) in [6.07, 6.45) is 0.626. The summed E-state index contributed by atoms with van der Waals surface area (Å²) in [5, 5.41) is 0. The normalized spacial score (nSPS) is 27.9. The van der Waals surface area contributed by atoms with Gasteiger partial charge < -0.3 is 5.73 Å². The Kier molecular flexibility index (Phi) is 3.23. The van der Waals surface area contributed by atoms with Gasteiger partial charge >= 0.3 is 0 Å². The van der Waals surface area contributed by atoms with Gasteiger partial charge in [-0.1, -0.05) is 24.3 Å². The van der Waals surface area contributed by atoms with E-state index in [1.165, 1.54) is 0 Å². The van der Waals surface area contributed by atoms with Gasteiger partial charge in [0, 0.05) is 6.54 Å². The molecule has 1 unspecified atom stereocenters. The third-order valence-electron chi connectivity index (χ3n) is 3.20. The van der Waals surface area contributed by atoms with Crippen LogP contribution in [-0.4, -0.2) is 19.9 Å². The number of halogens is 1. The van der Waals surface area contributed by atoms with Gasteiger partial charge in [0.05, 0.1) is 11.5 Å². The molecular formula is C12H16FNO2S. The monoisotopic (exact) mass is 257 g/mol. The van der Waals surface area contributed by atoms with Crippen molar-refractivity contribution in [3.8, 4) is 0 Å². The van der Waals surface area contributed by atoms with Crippen LogP contribution >= 0.6 is 0 Å². The van der Waals surface area contributed by atoms with Crippen LogP contribution < -0.4 is 5.73 Å². The lowest BCUT2D eigenvalue weighted by Gasteiger charge is -2.31. The van der Waals surface area contributed by atoms with Crippen LogP contribution in [0.5, 0.6) is 0 Å². The summed E-state index contributed by atoms with van der Waals surface area (Å²) in [7, 11) is -3.28. The lowest BCUT2D eigenvalue weighted by molar-refractivity contribution is 0.171. The van der Waals surface area contributed by atoms with E-state index in [2.05, 4.69) is 0 Å². The molecule has 0 saturated carbocycles. The van der Waals surface area contributed by atoms with E-state index in [0.717, 1.165) is 0 Å². The molecule has 1 aromatic carbocycles. The molecule has 1 aliphatic rings. The maximum atomic E-state index is 14.8. The first-order chi connectivity index (χ1) is 7.97. The van der Waals surface area contributed by atoms with Crippen LogP contribution in [-0.2, 0) is 22.1 Å². The molecule has 0 amide bonds. The van der Waals surface area contributed by atoms with Gasteiger partial charge in [0.1, 0.15) is 5.67 Å². The van der Waals surface area contributed by atoms with Gasteiger partial charge in [-0.05, 0) is 24.0 Å². The Morgan fingerprint density at radius 2 is 2.06 bits per heavy atom. The van der Waals surface area contributed by atoms with Crippen molar-refractivity contribution in [1.29, 1.82) is 0 Å².